The number of carbonyl (C=O) groups is 1. The summed E-state index contributed by atoms with van der Waals surface area (Å²) in [5.41, 5.74) is 0.756. The summed E-state index contributed by atoms with van der Waals surface area (Å²) in [6.07, 6.45) is 9.90. The molecule has 5 aliphatic rings. The molecule has 5 atom stereocenters. The molecule has 0 spiro atoms. The lowest BCUT2D eigenvalue weighted by Crippen LogP contribution is -2.60. The van der Waals surface area contributed by atoms with Crippen LogP contribution in [0.4, 0.5) is 0 Å². The minimum atomic E-state index is -0.0679. The van der Waals surface area contributed by atoms with Gasteiger partial charge in [-0.2, -0.15) is 0 Å². The Bertz CT molecular complexity index is 436. The van der Waals surface area contributed by atoms with Gasteiger partial charge < -0.3 is 10.1 Å². The van der Waals surface area contributed by atoms with Crippen molar-refractivity contribution >= 4 is 5.91 Å². The van der Waals surface area contributed by atoms with E-state index in [1.165, 1.54) is 19.3 Å². The molecule has 3 heteroatoms. The zero-order chi connectivity index (χ0) is 14.7. The van der Waals surface area contributed by atoms with Crippen molar-refractivity contribution in [2.45, 2.75) is 71.3 Å². The van der Waals surface area contributed by atoms with E-state index in [2.05, 4.69) is 19.2 Å². The van der Waals surface area contributed by atoms with Gasteiger partial charge in [0.05, 0.1) is 11.5 Å². The van der Waals surface area contributed by atoms with Crippen molar-refractivity contribution in [1.82, 2.24) is 5.32 Å². The fourth-order valence-corrected chi connectivity index (χ4v) is 6.90. The molecule has 4 aliphatic carbocycles. The van der Waals surface area contributed by atoms with Crippen LogP contribution in [0.15, 0.2) is 0 Å². The van der Waals surface area contributed by atoms with Crippen LogP contribution in [0.2, 0.25) is 0 Å². The fourth-order valence-electron chi connectivity index (χ4n) is 6.90. The highest BCUT2D eigenvalue weighted by Crippen LogP contribution is 2.69. The van der Waals surface area contributed by atoms with Gasteiger partial charge in [0, 0.05) is 13.2 Å². The molecule has 0 aromatic carbocycles. The zero-order valence-corrected chi connectivity index (χ0v) is 13.5. The summed E-state index contributed by atoms with van der Waals surface area (Å²) in [5, 5.41) is 3.25. The first kappa shape index (κ1) is 14.0. The second-order valence-electron chi connectivity index (χ2n) is 9.26. The van der Waals surface area contributed by atoms with E-state index in [9.17, 15) is 4.79 Å². The van der Waals surface area contributed by atoms with Crippen LogP contribution < -0.4 is 5.32 Å². The molecule has 0 aromatic rings. The highest BCUT2D eigenvalue weighted by molar-refractivity contribution is 5.83. The van der Waals surface area contributed by atoms with Gasteiger partial charge in [0.1, 0.15) is 0 Å². The second kappa shape index (κ2) is 4.47. The van der Waals surface area contributed by atoms with Crippen molar-refractivity contribution in [2.75, 3.05) is 13.2 Å². The largest absolute Gasteiger partial charge is 0.376 e. The fraction of sp³-hybridized carbons (Fsp3) is 0.944. The maximum Gasteiger partial charge on any atom is 0.226 e. The Kier molecular flexibility index (Phi) is 2.99. The summed E-state index contributed by atoms with van der Waals surface area (Å²) in [6, 6.07) is 0. The van der Waals surface area contributed by atoms with Crippen molar-refractivity contribution < 1.29 is 9.53 Å². The third-order valence-corrected chi connectivity index (χ3v) is 6.62. The lowest BCUT2D eigenvalue weighted by Gasteiger charge is -2.64. The predicted molar refractivity (Wildman–Crippen MR) is 81.8 cm³/mol. The second-order valence-corrected chi connectivity index (χ2v) is 9.26. The van der Waals surface area contributed by atoms with E-state index in [4.69, 9.17) is 4.74 Å². The number of amides is 1. The van der Waals surface area contributed by atoms with Crippen molar-refractivity contribution in [3.05, 3.63) is 0 Å². The summed E-state index contributed by atoms with van der Waals surface area (Å²) in [5.74, 6) is 1.12. The van der Waals surface area contributed by atoms with Gasteiger partial charge in [-0.3, -0.25) is 4.79 Å². The molecular formula is C18H29NO2. The number of hydrogen-bond donors (Lipinski definition) is 1. The molecule has 4 saturated carbocycles. The number of carbonyl (C=O) groups excluding carboxylic acids is 1. The molecule has 5 fully saturated rings. The average molecular weight is 291 g/mol. The van der Waals surface area contributed by atoms with Crippen LogP contribution in [0.25, 0.3) is 0 Å². The van der Waals surface area contributed by atoms with Gasteiger partial charge in [0.15, 0.2) is 0 Å². The summed E-state index contributed by atoms with van der Waals surface area (Å²) >= 11 is 0. The van der Waals surface area contributed by atoms with Crippen LogP contribution in [-0.4, -0.2) is 25.2 Å². The van der Waals surface area contributed by atoms with Gasteiger partial charge in [0.25, 0.3) is 0 Å². The topological polar surface area (TPSA) is 38.3 Å². The Balaban J connectivity index is 1.49. The molecule has 1 N–H and O–H groups in total. The summed E-state index contributed by atoms with van der Waals surface area (Å²) in [4.78, 5) is 13.0. The average Bonchev–Trinajstić information content (AvgIpc) is 2.84. The summed E-state index contributed by atoms with van der Waals surface area (Å²) < 4.78 is 5.65. The minimum absolute atomic E-state index is 0.0679. The van der Waals surface area contributed by atoms with E-state index in [1.54, 1.807) is 0 Å². The molecule has 1 saturated heterocycles. The lowest BCUT2D eigenvalue weighted by atomic mass is 9.40. The summed E-state index contributed by atoms with van der Waals surface area (Å²) in [6.45, 7) is 6.44. The molecule has 3 nitrogen and oxygen atoms in total. The van der Waals surface area contributed by atoms with Crippen LogP contribution in [0.1, 0.15) is 65.2 Å². The number of rotatable bonds is 3. The third-order valence-electron chi connectivity index (χ3n) is 6.62. The van der Waals surface area contributed by atoms with Crippen LogP contribution in [0.5, 0.6) is 0 Å². The molecular weight excluding hydrogens is 262 g/mol. The Morgan fingerprint density at radius 2 is 1.86 bits per heavy atom. The van der Waals surface area contributed by atoms with Crippen molar-refractivity contribution in [1.29, 1.82) is 0 Å². The first-order valence-electron chi connectivity index (χ1n) is 8.81. The monoisotopic (exact) mass is 291 g/mol. The van der Waals surface area contributed by atoms with Crippen LogP contribution >= 0.6 is 0 Å². The quantitative estimate of drug-likeness (QED) is 0.866. The van der Waals surface area contributed by atoms with E-state index < -0.39 is 0 Å². The SMILES string of the molecule is C[C@]12CC3CC(C(=O)NC[C@@H]4CCCO4)(C1)C[C@@](C)(C3)C2. The van der Waals surface area contributed by atoms with Crippen molar-refractivity contribution in [3.63, 3.8) is 0 Å². The zero-order valence-electron chi connectivity index (χ0n) is 13.5. The first-order chi connectivity index (χ1) is 9.91. The molecule has 0 radical (unpaired) electrons. The Labute approximate surface area is 128 Å². The van der Waals surface area contributed by atoms with Gasteiger partial charge >= 0.3 is 0 Å². The molecule has 1 amide bonds. The first-order valence-corrected chi connectivity index (χ1v) is 8.81. The minimum Gasteiger partial charge on any atom is -0.376 e. The molecule has 4 bridgehead atoms. The summed E-state index contributed by atoms with van der Waals surface area (Å²) in [7, 11) is 0. The highest BCUT2D eigenvalue weighted by atomic mass is 16.5. The number of hydrogen-bond acceptors (Lipinski definition) is 2. The van der Waals surface area contributed by atoms with Crippen LogP contribution in [0, 0.1) is 22.2 Å². The van der Waals surface area contributed by atoms with Crippen molar-refractivity contribution in [2.24, 2.45) is 22.2 Å². The Hall–Kier alpha value is -0.570. The van der Waals surface area contributed by atoms with Gasteiger partial charge in [-0.05, 0) is 68.1 Å². The van der Waals surface area contributed by atoms with E-state index in [0.717, 1.165) is 51.2 Å². The Morgan fingerprint density at radius 1 is 1.14 bits per heavy atom. The molecule has 1 heterocycles. The molecule has 21 heavy (non-hydrogen) atoms. The van der Waals surface area contributed by atoms with Gasteiger partial charge in [0.2, 0.25) is 5.91 Å². The predicted octanol–water partition coefficient (Wildman–Crippen LogP) is 3.28. The third kappa shape index (κ3) is 2.32. The maximum atomic E-state index is 13.0. The van der Waals surface area contributed by atoms with Gasteiger partial charge in [-0.1, -0.05) is 13.8 Å². The Morgan fingerprint density at radius 3 is 2.43 bits per heavy atom. The van der Waals surface area contributed by atoms with Crippen molar-refractivity contribution in [3.8, 4) is 0 Å². The van der Waals surface area contributed by atoms with E-state index in [-0.39, 0.29) is 11.5 Å². The molecule has 5 rings (SSSR count). The van der Waals surface area contributed by atoms with E-state index in [1.807, 2.05) is 0 Å². The smallest absolute Gasteiger partial charge is 0.226 e. The van der Waals surface area contributed by atoms with Crippen LogP contribution in [0.3, 0.4) is 0 Å². The maximum absolute atomic E-state index is 13.0. The molecule has 1 aliphatic heterocycles. The lowest BCUT2D eigenvalue weighted by molar-refractivity contribution is -0.170. The molecule has 118 valence electrons. The number of nitrogens with one attached hydrogen (secondary N) is 1. The van der Waals surface area contributed by atoms with Gasteiger partial charge in [-0.15, -0.1) is 0 Å². The van der Waals surface area contributed by atoms with E-state index >= 15 is 0 Å². The molecule has 0 aromatic heterocycles. The number of ether oxygens (including phenoxy) is 1. The highest BCUT2D eigenvalue weighted by Gasteiger charge is 2.62. The normalized spacial score (nSPS) is 51.3. The van der Waals surface area contributed by atoms with Crippen LogP contribution in [-0.2, 0) is 9.53 Å². The standard InChI is InChI=1S/C18H29NO2/c1-16-6-13-7-17(2,10-16)12-18(8-13,11-16)15(20)19-9-14-4-3-5-21-14/h13-14H,3-12H2,1-2H3,(H,19,20)/t13?,14-,16-,17+,18?/m0/s1. The molecule has 2 unspecified atom stereocenters. The van der Waals surface area contributed by atoms with E-state index in [0.29, 0.717) is 16.7 Å². The van der Waals surface area contributed by atoms with Gasteiger partial charge in [-0.25, -0.2) is 0 Å².